The predicted octanol–water partition coefficient (Wildman–Crippen LogP) is 2.44. The standard InChI is InChI=1S/C14H21N3O4/c1-4-16(5-2)9-10(3)15-11-6-7-13(17(20)21)12(8-11)14(18)19/h6-8,10,15H,4-5,9H2,1-3H3,(H,18,19). The van der Waals surface area contributed by atoms with Gasteiger partial charge in [0, 0.05) is 24.3 Å². The van der Waals surface area contributed by atoms with E-state index < -0.39 is 16.6 Å². The van der Waals surface area contributed by atoms with Gasteiger partial charge in [-0.25, -0.2) is 4.79 Å². The SMILES string of the molecule is CCN(CC)CC(C)Nc1ccc([N+](=O)[O-])c(C(=O)O)c1. The third-order valence-electron chi connectivity index (χ3n) is 3.26. The highest BCUT2D eigenvalue weighted by atomic mass is 16.6. The molecular formula is C14H21N3O4. The Labute approximate surface area is 123 Å². The maximum absolute atomic E-state index is 11.1. The molecule has 1 rings (SSSR count). The Bertz CT molecular complexity index is 515. The normalized spacial score (nSPS) is 12.2. The Balaban J connectivity index is 2.87. The van der Waals surface area contributed by atoms with Crippen LogP contribution in [0.1, 0.15) is 31.1 Å². The molecule has 0 saturated heterocycles. The molecule has 0 amide bonds. The minimum absolute atomic E-state index is 0.105. The van der Waals surface area contributed by atoms with Crippen molar-refractivity contribution in [3.8, 4) is 0 Å². The molecule has 2 N–H and O–H groups in total. The molecule has 1 atom stereocenters. The van der Waals surface area contributed by atoms with Gasteiger partial charge in [0.05, 0.1) is 4.92 Å². The lowest BCUT2D eigenvalue weighted by atomic mass is 10.1. The average Bonchev–Trinajstić information content (AvgIpc) is 2.44. The molecule has 7 nitrogen and oxygen atoms in total. The largest absolute Gasteiger partial charge is 0.477 e. The van der Waals surface area contributed by atoms with Gasteiger partial charge in [0.25, 0.3) is 5.69 Å². The van der Waals surface area contributed by atoms with E-state index in [4.69, 9.17) is 5.11 Å². The maximum Gasteiger partial charge on any atom is 0.342 e. The maximum atomic E-state index is 11.1. The number of likely N-dealkylation sites (N-methyl/N-ethyl adjacent to an activating group) is 1. The van der Waals surface area contributed by atoms with E-state index in [0.29, 0.717) is 5.69 Å². The van der Waals surface area contributed by atoms with Gasteiger partial charge in [0.2, 0.25) is 0 Å². The minimum Gasteiger partial charge on any atom is -0.477 e. The van der Waals surface area contributed by atoms with Crippen molar-refractivity contribution in [1.82, 2.24) is 4.90 Å². The van der Waals surface area contributed by atoms with Crippen LogP contribution in [0.3, 0.4) is 0 Å². The van der Waals surface area contributed by atoms with Crippen molar-refractivity contribution in [1.29, 1.82) is 0 Å². The van der Waals surface area contributed by atoms with E-state index in [1.807, 2.05) is 6.92 Å². The summed E-state index contributed by atoms with van der Waals surface area (Å²) in [5, 5.41) is 23.0. The van der Waals surface area contributed by atoms with Gasteiger partial charge in [-0.3, -0.25) is 10.1 Å². The van der Waals surface area contributed by atoms with Gasteiger partial charge in [-0.15, -0.1) is 0 Å². The molecule has 1 aromatic carbocycles. The molecule has 0 heterocycles. The highest BCUT2D eigenvalue weighted by Gasteiger charge is 2.20. The predicted molar refractivity (Wildman–Crippen MR) is 80.9 cm³/mol. The van der Waals surface area contributed by atoms with Crippen LogP contribution in [0, 0.1) is 10.1 Å². The fraction of sp³-hybridized carbons (Fsp3) is 0.500. The Hall–Kier alpha value is -2.15. The number of aromatic carboxylic acids is 1. The molecule has 0 saturated carbocycles. The highest BCUT2D eigenvalue weighted by molar-refractivity contribution is 5.93. The summed E-state index contributed by atoms with van der Waals surface area (Å²) in [6, 6.07) is 4.16. The van der Waals surface area contributed by atoms with Crippen molar-refractivity contribution in [3.05, 3.63) is 33.9 Å². The molecule has 0 spiro atoms. The zero-order valence-corrected chi connectivity index (χ0v) is 12.5. The summed E-state index contributed by atoms with van der Waals surface area (Å²) in [6.45, 7) is 8.81. The fourth-order valence-corrected chi connectivity index (χ4v) is 2.16. The Kier molecular flexibility index (Phi) is 6.10. The van der Waals surface area contributed by atoms with Crippen LogP contribution in [-0.2, 0) is 0 Å². The summed E-state index contributed by atoms with van der Waals surface area (Å²) in [5.74, 6) is -1.30. The van der Waals surface area contributed by atoms with Crippen LogP contribution >= 0.6 is 0 Å². The Morgan fingerprint density at radius 3 is 2.52 bits per heavy atom. The van der Waals surface area contributed by atoms with Crippen molar-refractivity contribution < 1.29 is 14.8 Å². The summed E-state index contributed by atoms with van der Waals surface area (Å²) >= 11 is 0. The molecule has 0 bridgehead atoms. The van der Waals surface area contributed by atoms with Crippen LogP contribution in [0.2, 0.25) is 0 Å². The van der Waals surface area contributed by atoms with Crippen LogP contribution in [0.4, 0.5) is 11.4 Å². The van der Waals surface area contributed by atoms with Crippen LogP contribution in [-0.4, -0.2) is 46.6 Å². The number of hydrogen-bond donors (Lipinski definition) is 2. The number of carboxylic acid groups (broad SMARTS) is 1. The molecule has 1 aromatic rings. The molecule has 0 aliphatic rings. The van der Waals surface area contributed by atoms with Gasteiger partial charge in [0.1, 0.15) is 5.56 Å². The number of nitrogens with zero attached hydrogens (tertiary/aromatic N) is 2. The van der Waals surface area contributed by atoms with Crippen LogP contribution < -0.4 is 5.32 Å². The van der Waals surface area contributed by atoms with Crippen molar-refractivity contribution >= 4 is 17.3 Å². The lowest BCUT2D eigenvalue weighted by molar-refractivity contribution is -0.385. The molecule has 0 aliphatic heterocycles. The summed E-state index contributed by atoms with van der Waals surface area (Å²) in [4.78, 5) is 23.4. The Morgan fingerprint density at radius 2 is 2.05 bits per heavy atom. The zero-order valence-electron chi connectivity index (χ0n) is 12.5. The van der Waals surface area contributed by atoms with Crippen molar-refractivity contribution in [2.75, 3.05) is 25.0 Å². The van der Waals surface area contributed by atoms with Crippen molar-refractivity contribution in [2.24, 2.45) is 0 Å². The summed E-state index contributed by atoms with van der Waals surface area (Å²) in [5.41, 5.74) is -0.137. The van der Waals surface area contributed by atoms with E-state index in [-0.39, 0.29) is 11.6 Å². The van der Waals surface area contributed by atoms with Crippen LogP contribution in [0.25, 0.3) is 0 Å². The lowest BCUT2D eigenvalue weighted by Crippen LogP contribution is -2.34. The van der Waals surface area contributed by atoms with E-state index in [1.54, 1.807) is 0 Å². The van der Waals surface area contributed by atoms with Crippen molar-refractivity contribution in [3.63, 3.8) is 0 Å². The molecule has 0 radical (unpaired) electrons. The fourth-order valence-electron chi connectivity index (χ4n) is 2.16. The van der Waals surface area contributed by atoms with Gasteiger partial charge in [0.15, 0.2) is 0 Å². The van der Waals surface area contributed by atoms with Gasteiger partial charge < -0.3 is 15.3 Å². The number of nitro benzene ring substituents is 1. The smallest absolute Gasteiger partial charge is 0.342 e. The van der Waals surface area contributed by atoms with Crippen LogP contribution in [0.15, 0.2) is 18.2 Å². The number of rotatable bonds is 8. The number of anilines is 1. The first kappa shape index (κ1) is 16.9. The summed E-state index contributed by atoms with van der Waals surface area (Å²) < 4.78 is 0. The third kappa shape index (κ3) is 4.71. The topological polar surface area (TPSA) is 95.7 Å². The summed E-state index contributed by atoms with van der Waals surface area (Å²) in [7, 11) is 0. The van der Waals surface area contributed by atoms with Gasteiger partial charge in [-0.05, 0) is 32.1 Å². The van der Waals surface area contributed by atoms with Gasteiger partial charge in [-0.2, -0.15) is 0 Å². The second kappa shape index (κ2) is 7.58. The van der Waals surface area contributed by atoms with Gasteiger partial charge in [-0.1, -0.05) is 13.8 Å². The molecule has 0 aromatic heterocycles. The number of carboxylic acids is 1. The van der Waals surface area contributed by atoms with E-state index in [1.165, 1.54) is 18.2 Å². The monoisotopic (exact) mass is 295 g/mol. The molecule has 7 heteroatoms. The number of hydrogen-bond acceptors (Lipinski definition) is 5. The van der Waals surface area contributed by atoms with E-state index in [0.717, 1.165) is 19.6 Å². The number of carbonyl (C=O) groups is 1. The van der Waals surface area contributed by atoms with Crippen LogP contribution in [0.5, 0.6) is 0 Å². The highest BCUT2D eigenvalue weighted by Crippen LogP contribution is 2.23. The van der Waals surface area contributed by atoms with E-state index in [2.05, 4.69) is 24.1 Å². The first-order chi connectivity index (χ1) is 9.88. The van der Waals surface area contributed by atoms with Crippen molar-refractivity contribution in [2.45, 2.75) is 26.8 Å². The minimum atomic E-state index is -1.30. The molecule has 0 aliphatic carbocycles. The van der Waals surface area contributed by atoms with E-state index >= 15 is 0 Å². The first-order valence-corrected chi connectivity index (χ1v) is 6.89. The second-order valence-corrected chi connectivity index (χ2v) is 4.83. The van der Waals surface area contributed by atoms with Gasteiger partial charge >= 0.3 is 5.97 Å². The number of nitro groups is 1. The Morgan fingerprint density at radius 1 is 1.43 bits per heavy atom. The molecule has 116 valence electrons. The molecule has 1 unspecified atom stereocenters. The number of benzene rings is 1. The molecule has 0 fully saturated rings. The zero-order chi connectivity index (χ0) is 16.0. The number of nitrogens with one attached hydrogen (secondary N) is 1. The first-order valence-electron chi connectivity index (χ1n) is 6.89. The third-order valence-corrected chi connectivity index (χ3v) is 3.26. The summed E-state index contributed by atoms with van der Waals surface area (Å²) in [6.07, 6.45) is 0. The lowest BCUT2D eigenvalue weighted by Gasteiger charge is -2.24. The van der Waals surface area contributed by atoms with E-state index in [9.17, 15) is 14.9 Å². The average molecular weight is 295 g/mol. The molecular weight excluding hydrogens is 274 g/mol. The quantitative estimate of drug-likeness (QED) is 0.565. The second-order valence-electron chi connectivity index (χ2n) is 4.83. The molecule has 21 heavy (non-hydrogen) atoms.